The fourth-order valence-electron chi connectivity index (χ4n) is 8.51. The first kappa shape index (κ1) is 48.4. The molecule has 10 nitrogen and oxygen atoms in total. The monoisotopic (exact) mass is 922 g/mol. The first-order chi connectivity index (χ1) is 32.0. The molecule has 2 aromatic heterocycles. The number of primary amides is 1. The summed E-state index contributed by atoms with van der Waals surface area (Å²) >= 11 is 0. The predicted molar refractivity (Wildman–Crippen MR) is 243 cm³/mol. The first-order valence-corrected chi connectivity index (χ1v) is 22.1. The maximum absolute atomic E-state index is 13.6. The van der Waals surface area contributed by atoms with E-state index in [4.69, 9.17) is 5.73 Å². The zero-order chi connectivity index (χ0) is 47.7. The molecule has 0 aliphatic carbocycles. The Morgan fingerprint density at radius 2 is 1.30 bits per heavy atom. The summed E-state index contributed by atoms with van der Waals surface area (Å²) in [7, 11) is 2.07. The fourth-order valence-corrected chi connectivity index (χ4v) is 8.51. The molecule has 0 saturated carbocycles. The summed E-state index contributed by atoms with van der Waals surface area (Å²) in [6, 6.07) is 26.5. The number of nitrogens with two attached hydrogens (primary N) is 1. The SMILES string of the molecule is CC(=O)Cc1ccccc1CCc1nc(Cc2ccc3c(c2)CCNC3)ncc1C(F)(F)F.CN1CCc2cc(Nc3ncc(C(F)(F)F)c(CCc4ccccc4CC(N)=O)n3)ccc2C1. The van der Waals surface area contributed by atoms with Gasteiger partial charge in [-0.2, -0.15) is 26.3 Å². The molecule has 1 amide bonds. The van der Waals surface area contributed by atoms with Crippen LogP contribution in [-0.2, 0) is 92.8 Å². The molecule has 2 aliphatic rings. The molecule has 350 valence electrons. The van der Waals surface area contributed by atoms with Gasteiger partial charge in [0.25, 0.3) is 0 Å². The van der Waals surface area contributed by atoms with E-state index in [0.29, 0.717) is 24.2 Å². The minimum absolute atomic E-state index is 0.00714. The van der Waals surface area contributed by atoms with Gasteiger partial charge in [-0.1, -0.05) is 72.8 Å². The van der Waals surface area contributed by atoms with E-state index in [-0.39, 0.29) is 55.2 Å². The van der Waals surface area contributed by atoms with Gasteiger partial charge in [0.2, 0.25) is 11.9 Å². The van der Waals surface area contributed by atoms with Crippen LogP contribution in [0.4, 0.5) is 38.0 Å². The van der Waals surface area contributed by atoms with Crippen molar-refractivity contribution in [3.8, 4) is 0 Å². The molecular formula is C51H52F6N8O2. The number of hydrogen-bond donors (Lipinski definition) is 3. The third kappa shape index (κ3) is 13.3. The van der Waals surface area contributed by atoms with E-state index in [1.807, 2.05) is 48.5 Å². The second-order valence-electron chi connectivity index (χ2n) is 17.1. The maximum Gasteiger partial charge on any atom is 0.419 e. The summed E-state index contributed by atoms with van der Waals surface area (Å²) in [4.78, 5) is 41.7. The van der Waals surface area contributed by atoms with Crippen LogP contribution in [0.15, 0.2) is 97.3 Å². The van der Waals surface area contributed by atoms with Crippen LogP contribution in [0, 0.1) is 0 Å². The Labute approximate surface area is 385 Å². The van der Waals surface area contributed by atoms with Crippen LogP contribution in [0.25, 0.3) is 0 Å². The van der Waals surface area contributed by atoms with Crippen LogP contribution in [0.3, 0.4) is 0 Å². The second-order valence-corrected chi connectivity index (χ2v) is 17.1. The summed E-state index contributed by atoms with van der Waals surface area (Å²) in [5, 5.41) is 6.39. The van der Waals surface area contributed by atoms with Crippen LogP contribution in [0.5, 0.6) is 0 Å². The molecule has 4 N–H and O–H groups in total. The van der Waals surface area contributed by atoms with Gasteiger partial charge in [0.05, 0.1) is 28.9 Å². The highest BCUT2D eigenvalue weighted by molar-refractivity contribution is 5.78. The van der Waals surface area contributed by atoms with Crippen molar-refractivity contribution in [2.24, 2.45) is 5.73 Å². The smallest absolute Gasteiger partial charge is 0.369 e. The summed E-state index contributed by atoms with van der Waals surface area (Å²) in [6.45, 7) is 5.08. The zero-order valence-electron chi connectivity index (χ0n) is 37.3. The fraction of sp³-hybridized carbons (Fsp3) is 0.333. The minimum atomic E-state index is -4.57. The number of nitrogens with one attached hydrogen (secondary N) is 2. The van der Waals surface area contributed by atoms with Gasteiger partial charge in [0.15, 0.2) is 0 Å². The summed E-state index contributed by atoms with van der Waals surface area (Å²) in [6.07, 6.45) is -4.02. The van der Waals surface area contributed by atoms with Crippen molar-refractivity contribution in [3.63, 3.8) is 0 Å². The number of likely N-dealkylation sites (N-methyl/N-ethyl adjacent to an activating group) is 1. The van der Waals surface area contributed by atoms with E-state index in [1.165, 1.54) is 29.2 Å². The molecule has 0 fully saturated rings. The number of alkyl halides is 6. The van der Waals surface area contributed by atoms with Crippen LogP contribution >= 0.6 is 0 Å². The van der Waals surface area contributed by atoms with Gasteiger partial charge in [-0.15, -0.1) is 0 Å². The molecule has 4 heterocycles. The molecule has 2 aliphatic heterocycles. The van der Waals surface area contributed by atoms with Gasteiger partial charge >= 0.3 is 12.4 Å². The van der Waals surface area contributed by atoms with E-state index in [1.54, 1.807) is 24.3 Å². The van der Waals surface area contributed by atoms with Gasteiger partial charge in [0.1, 0.15) is 11.6 Å². The highest BCUT2D eigenvalue weighted by Gasteiger charge is 2.36. The lowest BCUT2D eigenvalue weighted by molar-refractivity contribution is -0.139. The number of nitrogens with zero attached hydrogens (tertiary/aromatic N) is 5. The molecule has 6 aromatic rings. The predicted octanol–water partition coefficient (Wildman–Crippen LogP) is 8.69. The number of ketones is 1. The zero-order valence-corrected chi connectivity index (χ0v) is 37.3. The average molecular weight is 923 g/mol. The molecular weight excluding hydrogens is 871 g/mol. The van der Waals surface area contributed by atoms with Crippen molar-refractivity contribution in [3.05, 3.63) is 176 Å². The molecule has 0 atom stereocenters. The Bertz CT molecular complexity index is 2720. The molecule has 67 heavy (non-hydrogen) atoms. The summed E-state index contributed by atoms with van der Waals surface area (Å²) in [5.74, 6) is 0.0161. The molecule has 0 bridgehead atoms. The molecule has 8 rings (SSSR count). The number of fused-ring (bicyclic) bond motifs is 2. The maximum atomic E-state index is 13.6. The number of aryl methyl sites for hydroxylation is 4. The van der Waals surface area contributed by atoms with E-state index < -0.39 is 29.4 Å². The van der Waals surface area contributed by atoms with Crippen molar-refractivity contribution in [2.75, 3.05) is 25.5 Å². The number of Topliss-reactive ketones (excluding diaryl/α,β-unsaturated/α-hetero) is 1. The molecule has 0 radical (unpaired) electrons. The summed E-state index contributed by atoms with van der Waals surface area (Å²) < 4.78 is 81.8. The Hall–Kier alpha value is -6.52. The number of hydrogen-bond acceptors (Lipinski definition) is 9. The minimum Gasteiger partial charge on any atom is -0.369 e. The van der Waals surface area contributed by atoms with Gasteiger partial charge in [0, 0.05) is 50.6 Å². The first-order valence-electron chi connectivity index (χ1n) is 22.1. The van der Waals surface area contributed by atoms with Crippen molar-refractivity contribution in [2.45, 2.75) is 90.2 Å². The van der Waals surface area contributed by atoms with Crippen LogP contribution in [0.2, 0.25) is 0 Å². The highest BCUT2D eigenvalue weighted by Crippen LogP contribution is 2.34. The lowest BCUT2D eigenvalue weighted by atomic mass is 9.96. The Morgan fingerprint density at radius 1 is 0.701 bits per heavy atom. The van der Waals surface area contributed by atoms with Gasteiger partial charge in [-0.3, -0.25) is 9.59 Å². The van der Waals surface area contributed by atoms with E-state index in [0.717, 1.165) is 79.4 Å². The van der Waals surface area contributed by atoms with Gasteiger partial charge < -0.3 is 21.3 Å². The number of carbonyl (C=O) groups excluding carboxylic acids is 2. The van der Waals surface area contributed by atoms with Crippen molar-refractivity contribution >= 4 is 23.3 Å². The number of halogens is 6. The Kier molecular flexibility index (Phi) is 15.5. The van der Waals surface area contributed by atoms with Crippen LogP contribution in [-0.4, -0.2) is 56.7 Å². The number of amides is 1. The average Bonchev–Trinajstić information content (AvgIpc) is 3.27. The topological polar surface area (TPSA) is 139 Å². The molecule has 16 heteroatoms. The lowest BCUT2D eigenvalue weighted by Crippen LogP contribution is -2.26. The number of carbonyl (C=O) groups is 2. The largest absolute Gasteiger partial charge is 0.419 e. The third-order valence-corrected chi connectivity index (χ3v) is 11.9. The Balaban J connectivity index is 0.000000199. The second kappa shape index (κ2) is 21.4. The van der Waals surface area contributed by atoms with Crippen LogP contribution < -0.4 is 16.4 Å². The van der Waals surface area contributed by atoms with Gasteiger partial charge in [-0.05, 0) is 121 Å². The summed E-state index contributed by atoms with van der Waals surface area (Å²) in [5.41, 5.74) is 13.4. The van der Waals surface area contributed by atoms with E-state index >= 15 is 0 Å². The molecule has 4 aromatic carbocycles. The standard InChI is InChI=1S/C26H26F3N3O.C25H26F3N5O/c1-17(33)12-20-5-3-2-4-19(20)8-9-24-23(26(27,28)29)16-31-25(32-24)14-18-6-7-22-15-30-11-10-21(22)13-18;1-33-11-10-18-12-20(8-6-19(18)15-33)31-24-30-14-21(25(26,27)28)22(32-24)9-7-16-4-2-3-5-17(16)13-23(29)34/h2-7,13,16,30H,8-12,14-15H2,1H3;2-6,8,12,14H,7,9-11,13,15H2,1H3,(H2,29,34)(H,30,31,32). The highest BCUT2D eigenvalue weighted by atomic mass is 19.4. The van der Waals surface area contributed by atoms with Gasteiger partial charge in [-0.25, -0.2) is 19.9 Å². The number of benzene rings is 4. The quantitative estimate of drug-likeness (QED) is 0.0917. The number of rotatable bonds is 14. The van der Waals surface area contributed by atoms with Crippen LogP contribution in [0.1, 0.15) is 85.3 Å². The molecule has 0 spiro atoms. The van der Waals surface area contributed by atoms with Crippen molar-refractivity contribution < 1.29 is 35.9 Å². The number of aromatic nitrogens is 4. The van der Waals surface area contributed by atoms with E-state index in [2.05, 4.69) is 54.6 Å². The molecule has 0 unspecified atom stereocenters. The lowest BCUT2D eigenvalue weighted by Gasteiger charge is -2.25. The van der Waals surface area contributed by atoms with Crippen molar-refractivity contribution in [1.29, 1.82) is 0 Å². The van der Waals surface area contributed by atoms with Crippen molar-refractivity contribution in [1.82, 2.24) is 30.2 Å². The number of anilines is 2. The van der Waals surface area contributed by atoms with E-state index in [9.17, 15) is 35.9 Å². The Morgan fingerprint density at radius 3 is 1.94 bits per heavy atom. The normalized spacial score (nSPS) is 13.8. The molecule has 0 saturated heterocycles. The third-order valence-electron chi connectivity index (χ3n) is 11.9.